The Hall–Kier alpha value is -2.95. The van der Waals surface area contributed by atoms with E-state index in [0.29, 0.717) is 6.42 Å². The number of aliphatic hydroxyl groups is 2. The number of nitrogens with one attached hydrogen (secondary N) is 1. The zero-order chi connectivity index (χ0) is 33.6. The van der Waals surface area contributed by atoms with Gasteiger partial charge in [0.15, 0.2) is 0 Å². The molecule has 0 aliphatic heterocycles. The number of carbonyl (C=O) groups excluding carboxylic acids is 1. The second-order valence-electron chi connectivity index (χ2n) is 11.6. The van der Waals surface area contributed by atoms with Gasteiger partial charge >= 0.3 is 0 Å². The topological polar surface area (TPSA) is 69.6 Å². The van der Waals surface area contributed by atoms with Gasteiger partial charge in [-0.1, -0.05) is 155 Å². The van der Waals surface area contributed by atoms with Gasteiger partial charge in [-0.25, -0.2) is 0 Å². The molecule has 3 N–H and O–H groups in total. The highest BCUT2D eigenvalue weighted by Crippen LogP contribution is 2.10. The van der Waals surface area contributed by atoms with Crippen molar-refractivity contribution in [3.63, 3.8) is 0 Å². The largest absolute Gasteiger partial charge is 0.394 e. The average molecular weight is 634 g/mol. The summed E-state index contributed by atoms with van der Waals surface area (Å²) in [5.74, 6) is -0.0986. The van der Waals surface area contributed by atoms with Gasteiger partial charge in [-0.15, -0.1) is 0 Å². The molecular weight excluding hydrogens is 566 g/mol. The standard InChI is InChI=1S/C42H67NO3/c1-3-5-7-8-9-10-11-12-13-14-15-16-17-18-19-20-21-22-23-24-25-26-27-28-29-30-31-32-33-34-36-38-42(46)43-40(39-44)41(45)37-35-6-4-2/h5,7,9-10,12-13,15-16,18-19,21-22,24-25,27-28,35,37,40-41,44-45H,3-4,6,8,11,14,17,20,23,26,29-34,36,38-39H2,1-2H3,(H,43,46)/b7-5-,10-9-,13-12-,16-15-,19-18-,22-21-,25-24-,28-27-,37-35+. The van der Waals surface area contributed by atoms with Crippen molar-refractivity contribution < 1.29 is 15.0 Å². The summed E-state index contributed by atoms with van der Waals surface area (Å²) in [4.78, 5) is 12.1. The predicted octanol–water partition coefficient (Wildman–Crippen LogP) is 10.9. The number of rotatable bonds is 30. The lowest BCUT2D eigenvalue weighted by Crippen LogP contribution is -2.45. The molecule has 0 heterocycles. The summed E-state index contributed by atoms with van der Waals surface area (Å²) in [7, 11) is 0. The van der Waals surface area contributed by atoms with Gasteiger partial charge in [0, 0.05) is 6.42 Å². The van der Waals surface area contributed by atoms with Crippen LogP contribution in [0.2, 0.25) is 0 Å². The van der Waals surface area contributed by atoms with Crippen molar-refractivity contribution >= 4 is 5.91 Å². The lowest BCUT2D eigenvalue weighted by molar-refractivity contribution is -0.123. The van der Waals surface area contributed by atoms with E-state index in [2.05, 4.69) is 116 Å². The van der Waals surface area contributed by atoms with Gasteiger partial charge < -0.3 is 15.5 Å². The van der Waals surface area contributed by atoms with E-state index in [4.69, 9.17) is 0 Å². The minimum Gasteiger partial charge on any atom is -0.394 e. The number of amides is 1. The molecule has 258 valence electrons. The van der Waals surface area contributed by atoms with Gasteiger partial charge in [-0.3, -0.25) is 4.79 Å². The molecule has 4 heteroatoms. The van der Waals surface area contributed by atoms with Crippen molar-refractivity contribution in [2.75, 3.05) is 6.61 Å². The van der Waals surface area contributed by atoms with Crippen LogP contribution in [0.25, 0.3) is 0 Å². The molecule has 1 amide bonds. The highest BCUT2D eigenvalue weighted by Gasteiger charge is 2.17. The van der Waals surface area contributed by atoms with Crippen molar-refractivity contribution in [2.45, 2.75) is 142 Å². The molecule has 2 unspecified atom stereocenters. The number of hydrogen-bond donors (Lipinski definition) is 3. The number of allylic oxidation sites excluding steroid dienone is 17. The van der Waals surface area contributed by atoms with Gasteiger partial charge in [0.05, 0.1) is 18.8 Å². The Kier molecular flexibility index (Phi) is 34.2. The van der Waals surface area contributed by atoms with Crippen molar-refractivity contribution in [3.05, 3.63) is 109 Å². The van der Waals surface area contributed by atoms with E-state index in [1.165, 1.54) is 19.3 Å². The number of carbonyl (C=O) groups is 1. The molecule has 0 aromatic heterocycles. The zero-order valence-electron chi connectivity index (χ0n) is 29.3. The second-order valence-corrected chi connectivity index (χ2v) is 11.6. The first-order chi connectivity index (χ1) is 22.7. The SMILES string of the molecule is CC/C=C\C/C=C\C/C=C\C/C=C\C/C=C\C/C=C\C/C=C\C/C=C\CCCCCCCCC(=O)NC(CO)C(O)/C=C/CCC. The first kappa shape index (κ1) is 43.0. The van der Waals surface area contributed by atoms with Crippen LogP contribution in [0.3, 0.4) is 0 Å². The maximum absolute atomic E-state index is 12.1. The summed E-state index contributed by atoms with van der Waals surface area (Å²) in [6, 6.07) is -0.633. The van der Waals surface area contributed by atoms with Gasteiger partial charge in [0.1, 0.15) is 0 Å². The summed E-state index contributed by atoms with van der Waals surface area (Å²) in [6.07, 6.45) is 56.7. The van der Waals surface area contributed by atoms with Crippen LogP contribution in [0.5, 0.6) is 0 Å². The fraction of sp³-hybridized carbons (Fsp3) is 0.548. The molecule has 0 aliphatic rings. The molecule has 0 radical (unpaired) electrons. The molecule has 0 aliphatic carbocycles. The molecule has 46 heavy (non-hydrogen) atoms. The minimum atomic E-state index is -0.848. The van der Waals surface area contributed by atoms with E-state index < -0.39 is 12.1 Å². The number of unbranched alkanes of at least 4 members (excludes halogenated alkanes) is 7. The first-order valence-electron chi connectivity index (χ1n) is 18.1. The minimum absolute atomic E-state index is 0.0986. The van der Waals surface area contributed by atoms with Crippen molar-refractivity contribution in [1.82, 2.24) is 5.32 Å². The van der Waals surface area contributed by atoms with Crippen LogP contribution in [0.15, 0.2) is 109 Å². The maximum atomic E-state index is 12.1. The summed E-state index contributed by atoms with van der Waals surface area (Å²) < 4.78 is 0. The fourth-order valence-electron chi connectivity index (χ4n) is 4.49. The fourth-order valence-corrected chi connectivity index (χ4v) is 4.49. The Labute approximate surface area is 283 Å². The molecule has 0 fully saturated rings. The summed E-state index contributed by atoms with van der Waals surface area (Å²) in [6.45, 7) is 3.96. The number of hydrogen-bond acceptors (Lipinski definition) is 3. The average Bonchev–Trinajstić information content (AvgIpc) is 3.06. The van der Waals surface area contributed by atoms with Gasteiger partial charge in [0.2, 0.25) is 5.91 Å². The first-order valence-corrected chi connectivity index (χ1v) is 18.1. The second kappa shape index (κ2) is 36.5. The Balaban J connectivity index is 3.63. The third kappa shape index (κ3) is 32.4. The quantitative estimate of drug-likeness (QED) is 0.0544. The zero-order valence-corrected chi connectivity index (χ0v) is 29.3. The van der Waals surface area contributed by atoms with E-state index in [-0.39, 0.29) is 12.5 Å². The summed E-state index contributed by atoms with van der Waals surface area (Å²) in [5, 5.41) is 22.3. The maximum Gasteiger partial charge on any atom is 0.220 e. The number of aliphatic hydroxyl groups excluding tert-OH is 2. The molecule has 0 spiro atoms. The third-order valence-electron chi connectivity index (χ3n) is 7.24. The Morgan fingerprint density at radius 2 is 0.957 bits per heavy atom. The van der Waals surface area contributed by atoms with Gasteiger partial charge in [-0.2, -0.15) is 0 Å². The molecule has 0 saturated heterocycles. The summed E-state index contributed by atoms with van der Waals surface area (Å²) >= 11 is 0. The van der Waals surface area contributed by atoms with E-state index >= 15 is 0 Å². The van der Waals surface area contributed by atoms with E-state index in [0.717, 1.165) is 89.9 Å². The predicted molar refractivity (Wildman–Crippen MR) is 202 cm³/mol. The molecule has 0 rings (SSSR count). The van der Waals surface area contributed by atoms with Gasteiger partial charge in [-0.05, 0) is 77.0 Å². The molecule has 0 saturated carbocycles. The van der Waals surface area contributed by atoms with Crippen molar-refractivity contribution in [2.24, 2.45) is 0 Å². The lowest BCUT2D eigenvalue weighted by atomic mass is 10.1. The Morgan fingerprint density at radius 3 is 1.39 bits per heavy atom. The van der Waals surface area contributed by atoms with Crippen molar-refractivity contribution in [1.29, 1.82) is 0 Å². The van der Waals surface area contributed by atoms with E-state index in [1.54, 1.807) is 6.08 Å². The molecule has 0 bridgehead atoms. The van der Waals surface area contributed by atoms with Gasteiger partial charge in [0.25, 0.3) is 0 Å². The Morgan fingerprint density at radius 1 is 0.543 bits per heavy atom. The van der Waals surface area contributed by atoms with E-state index in [9.17, 15) is 15.0 Å². The normalized spacial score (nSPS) is 14.4. The van der Waals surface area contributed by atoms with Crippen LogP contribution in [-0.4, -0.2) is 34.9 Å². The van der Waals surface area contributed by atoms with Crippen LogP contribution in [-0.2, 0) is 4.79 Å². The van der Waals surface area contributed by atoms with E-state index in [1.807, 2.05) is 6.08 Å². The monoisotopic (exact) mass is 634 g/mol. The molecular formula is C42H67NO3. The smallest absolute Gasteiger partial charge is 0.220 e. The highest BCUT2D eigenvalue weighted by atomic mass is 16.3. The van der Waals surface area contributed by atoms with Crippen LogP contribution in [0.1, 0.15) is 129 Å². The van der Waals surface area contributed by atoms with Crippen molar-refractivity contribution in [3.8, 4) is 0 Å². The van der Waals surface area contributed by atoms with Crippen LogP contribution in [0, 0.1) is 0 Å². The molecule has 0 aromatic carbocycles. The van der Waals surface area contributed by atoms with Crippen LogP contribution < -0.4 is 5.32 Å². The third-order valence-corrected chi connectivity index (χ3v) is 7.24. The summed E-state index contributed by atoms with van der Waals surface area (Å²) in [5.41, 5.74) is 0. The Bertz CT molecular complexity index is 948. The highest BCUT2D eigenvalue weighted by molar-refractivity contribution is 5.76. The van der Waals surface area contributed by atoms with Crippen LogP contribution in [0.4, 0.5) is 0 Å². The van der Waals surface area contributed by atoms with Crippen LogP contribution >= 0.6 is 0 Å². The lowest BCUT2D eigenvalue weighted by Gasteiger charge is -2.19. The molecule has 4 nitrogen and oxygen atoms in total. The molecule has 2 atom stereocenters. The molecule has 0 aromatic rings.